The smallest absolute Gasteiger partial charge is 0.342 e. The van der Waals surface area contributed by atoms with Crippen molar-refractivity contribution in [2.24, 2.45) is 11.8 Å². The molecule has 146 valence electrons. The summed E-state index contributed by atoms with van der Waals surface area (Å²) in [6, 6.07) is 1.56. The summed E-state index contributed by atoms with van der Waals surface area (Å²) in [6.07, 6.45) is 3.02. The Morgan fingerprint density at radius 3 is 2.38 bits per heavy atom. The molecule has 2 N–H and O–H groups in total. The molecule has 2 atom stereocenters. The zero-order chi connectivity index (χ0) is 19.4. The molecule has 0 aromatic heterocycles. The van der Waals surface area contributed by atoms with E-state index in [4.69, 9.17) is 9.47 Å². The summed E-state index contributed by atoms with van der Waals surface area (Å²) in [5.74, 6) is 0.349. The Morgan fingerprint density at radius 1 is 1.15 bits per heavy atom. The van der Waals surface area contributed by atoms with Crippen molar-refractivity contribution in [1.29, 1.82) is 0 Å². The summed E-state index contributed by atoms with van der Waals surface area (Å²) in [6.45, 7) is 8.48. The fraction of sp³-hybridized carbons (Fsp3) is 0.667. The highest BCUT2D eigenvalue weighted by Crippen LogP contribution is 2.45. The van der Waals surface area contributed by atoms with Crippen LogP contribution in [0.25, 0.3) is 0 Å². The molecule has 0 amide bonds. The van der Waals surface area contributed by atoms with Crippen molar-refractivity contribution in [3.63, 3.8) is 0 Å². The number of ether oxygens (including phenoxy) is 2. The number of carbonyl (C=O) groups excluding carboxylic acids is 1. The summed E-state index contributed by atoms with van der Waals surface area (Å²) in [7, 11) is 1.53. The number of carbonyl (C=O) groups is 1. The van der Waals surface area contributed by atoms with E-state index in [1.807, 2.05) is 0 Å². The molecule has 1 aliphatic rings. The average molecular weight is 364 g/mol. The Morgan fingerprint density at radius 2 is 1.81 bits per heavy atom. The molecule has 1 aromatic carbocycles. The molecule has 0 fully saturated rings. The van der Waals surface area contributed by atoms with Gasteiger partial charge in [0.1, 0.15) is 29.3 Å². The van der Waals surface area contributed by atoms with Gasteiger partial charge in [-0.05, 0) is 49.1 Å². The van der Waals surface area contributed by atoms with Crippen LogP contribution in [0.3, 0.4) is 0 Å². The van der Waals surface area contributed by atoms with Crippen LogP contribution < -0.4 is 0 Å². The summed E-state index contributed by atoms with van der Waals surface area (Å²) < 4.78 is 11.1. The van der Waals surface area contributed by atoms with E-state index >= 15 is 0 Å². The number of hydrogen-bond acceptors (Lipinski definition) is 5. The first-order valence-corrected chi connectivity index (χ1v) is 9.57. The zero-order valence-corrected chi connectivity index (χ0v) is 16.5. The molecule has 0 spiro atoms. The molecule has 0 saturated heterocycles. The molecule has 1 unspecified atom stereocenters. The average Bonchev–Trinajstić information content (AvgIpc) is 2.56. The van der Waals surface area contributed by atoms with Crippen molar-refractivity contribution in [1.82, 2.24) is 0 Å². The van der Waals surface area contributed by atoms with Crippen LogP contribution in [0.1, 0.15) is 81.0 Å². The lowest BCUT2D eigenvalue weighted by atomic mass is 9.88. The SMILES string of the molecule is CO[C@H]1c2c(O)cc(CCC(C)C)c(O)c2C(=O)OC1CCCC(C)C. The second-order valence-electron chi connectivity index (χ2n) is 8.05. The minimum absolute atomic E-state index is 0.00563. The lowest BCUT2D eigenvalue weighted by Crippen LogP contribution is -2.33. The molecule has 26 heavy (non-hydrogen) atoms. The Balaban J connectivity index is 2.34. The summed E-state index contributed by atoms with van der Waals surface area (Å²) in [5.41, 5.74) is 0.972. The van der Waals surface area contributed by atoms with Gasteiger partial charge < -0.3 is 19.7 Å². The van der Waals surface area contributed by atoms with Gasteiger partial charge in [0.15, 0.2) is 0 Å². The maximum absolute atomic E-state index is 12.6. The molecule has 1 aliphatic heterocycles. The van der Waals surface area contributed by atoms with E-state index < -0.39 is 18.2 Å². The maximum atomic E-state index is 12.6. The van der Waals surface area contributed by atoms with Crippen molar-refractivity contribution in [2.45, 2.75) is 72.0 Å². The van der Waals surface area contributed by atoms with Crippen LogP contribution in [0, 0.1) is 11.8 Å². The number of esters is 1. The van der Waals surface area contributed by atoms with E-state index in [2.05, 4.69) is 27.7 Å². The molecule has 2 rings (SSSR count). The fourth-order valence-electron chi connectivity index (χ4n) is 3.51. The number of hydrogen-bond donors (Lipinski definition) is 2. The van der Waals surface area contributed by atoms with Crippen LogP contribution in [0.15, 0.2) is 6.07 Å². The first-order valence-electron chi connectivity index (χ1n) is 9.57. The Kier molecular flexibility index (Phi) is 6.93. The van der Waals surface area contributed by atoms with Crippen LogP contribution in [0.2, 0.25) is 0 Å². The van der Waals surface area contributed by atoms with E-state index in [9.17, 15) is 15.0 Å². The molecule has 0 aliphatic carbocycles. The van der Waals surface area contributed by atoms with Gasteiger partial charge in [0.25, 0.3) is 0 Å². The van der Waals surface area contributed by atoms with Crippen molar-refractivity contribution >= 4 is 5.97 Å². The molecule has 1 heterocycles. The standard InChI is InChI=1S/C21H32O5/c1-12(2)7-6-8-16-20(25-5)17-15(22)11-14(10-9-13(3)4)19(23)18(17)21(24)26-16/h11-13,16,20,22-23H,6-10H2,1-5H3/t16?,20-/m1/s1. The van der Waals surface area contributed by atoms with Crippen LogP contribution in [-0.2, 0) is 15.9 Å². The first-order chi connectivity index (χ1) is 12.3. The van der Waals surface area contributed by atoms with Crippen molar-refractivity contribution in [2.75, 3.05) is 7.11 Å². The Labute approximate surface area is 156 Å². The lowest BCUT2D eigenvalue weighted by Gasteiger charge is -2.33. The molecule has 5 heteroatoms. The van der Waals surface area contributed by atoms with Gasteiger partial charge in [-0.2, -0.15) is 0 Å². The van der Waals surface area contributed by atoms with Crippen molar-refractivity contribution in [3.05, 3.63) is 22.8 Å². The quantitative estimate of drug-likeness (QED) is 0.515. The topological polar surface area (TPSA) is 76.0 Å². The number of phenolic OH excluding ortho intramolecular Hbond substituents is 2. The monoisotopic (exact) mass is 364 g/mol. The van der Waals surface area contributed by atoms with E-state index in [0.717, 1.165) is 19.3 Å². The van der Waals surface area contributed by atoms with E-state index in [1.165, 1.54) is 7.11 Å². The van der Waals surface area contributed by atoms with Gasteiger partial charge in [0.05, 0.1) is 0 Å². The van der Waals surface area contributed by atoms with Crippen LogP contribution in [0.5, 0.6) is 11.5 Å². The van der Waals surface area contributed by atoms with Gasteiger partial charge in [-0.25, -0.2) is 4.79 Å². The van der Waals surface area contributed by atoms with Crippen LogP contribution >= 0.6 is 0 Å². The molecule has 1 aromatic rings. The molecule has 0 bridgehead atoms. The summed E-state index contributed by atoms with van der Waals surface area (Å²) in [4.78, 5) is 12.6. The second-order valence-corrected chi connectivity index (χ2v) is 8.05. The third kappa shape index (κ3) is 4.50. The van der Waals surface area contributed by atoms with Gasteiger partial charge in [-0.1, -0.05) is 34.1 Å². The molecule has 0 radical (unpaired) electrons. The predicted octanol–water partition coefficient (Wildman–Crippen LogP) is 4.74. The predicted molar refractivity (Wildman–Crippen MR) is 101 cm³/mol. The normalized spacial score (nSPS) is 19.7. The second kappa shape index (κ2) is 8.76. The number of cyclic esters (lactones) is 1. The van der Waals surface area contributed by atoms with E-state index in [0.29, 0.717) is 35.8 Å². The summed E-state index contributed by atoms with van der Waals surface area (Å²) in [5, 5.41) is 21.2. The number of aryl methyl sites for hydroxylation is 1. The third-order valence-electron chi connectivity index (χ3n) is 5.00. The highest BCUT2D eigenvalue weighted by molar-refractivity contribution is 5.97. The minimum atomic E-state index is -0.581. The number of phenols is 2. The first kappa shape index (κ1) is 20.6. The minimum Gasteiger partial charge on any atom is -0.508 e. The van der Waals surface area contributed by atoms with Gasteiger partial charge in [0.2, 0.25) is 0 Å². The molecular formula is C21H32O5. The van der Waals surface area contributed by atoms with Crippen molar-refractivity contribution < 1.29 is 24.5 Å². The number of fused-ring (bicyclic) bond motifs is 1. The Bertz CT molecular complexity index is 636. The largest absolute Gasteiger partial charge is 0.508 e. The third-order valence-corrected chi connectivity index (χ3v) is 5.00. The lowest BCUT2D eigenvalue weighted by molar-refractivity contribution is -0.0517. The highest BCUT2D eigenvalue weighted by atomic mass is 16.6. The van der Waals surface area contributed by atoms with Crippen LogP contribution in [0.4, 0.5) is 0 Å². The van der Waals surface area contributed by atoms with E-state index in [1.54, 1.807) is 6.07 Å². The number of rotatable bonds is 8. The Hall–Kier alpha value is -1.75. The highest BCUT2D eigenvalue weighted by Gasteiger charge is 2.40. The van der Waals surface area contributed by atoms with Crippen molar-refractivity contribution in [3.8, 4) is 11.5 Å². The molecule has 5 nitrogen and oxygen atoms in total. The van der Waals surface area contributed by atoms with E-state index in [-0.39, 0.29) is 17.1 Å². The van der Waals surface area contributed by atoms with Gasteiger partial charge in [-0.15, -0.1) is 0 Å². The number of methoxy groups -OCH3 is 1. The molecular weight excluding hydrogens is 332 g/mol. The van der Waals surface area contributed by atoms with Gasteiger partial charge >= 0.3 is 5.97 Å². The number of benzene rings is 1. The fourth-order valence-corrected chi connectivity index (χ4v) is 3.51. The zero-order valence-electron chi connectivity index (χ0n) is 16.5. The molecule has 0 saturated carbocycles. The maximum Gasteiger partial charge on any atom is 0.342 e. The van der Waals surface area contributed by atoms with Crippen LogP contribution in [-0.4, -0.2) is 29.4 Å². The summed E-state index contributed by atoms with van der Waals surface area (Å²) >= 11 is 0. The van der Waals surface area contributed by atoms with Gasteiger partial charge in [0, 0.05) is 12.7 Å². The number of aromatic hydroxyl groups is 2. The van der Waals surface area contributed by atoms with Gasteiger partial charge in [-0.3, -0.25) is 0 Å².